The van der Waals surface area contributed by atoms with Crippen molar-refractivity contribution in [3.8, 4) is 0 Å². The fraction of sp³-hybridized carbons (Fsp3) is 0.167. The van der Waals surface area contributed by atoms with Crippen LogP contribution < -0.4 is 5.32 Å². The van der Waals surface area contributed by atoms with Crippen LogP contribution in [-0.2, 0) is 12.4 Å². The van der Waals surface area contributed by atoms with Crippen LogP contribution in [0.2, 0.25) is 0 Å². The summed E-state index contributed by atoms with van der Waals surface area (Å²) in [5, 5.41) is 7.61. The first-order chi connectivity index (χ1) is 7.38. The molecular weight excluding hydrogens is 226 g/mol. The molecule has 0 bridgehead atoms. The standard InChI is InChI=1S/C12H12ClNS/c13-7-10-2-1-3-12(6-10)14-8-11-4-5-15-9-11/h1-6,9,14H,7-8H2. The lowest BCUT2D eigenvalue weighted by molar-refractivity contribution is 1.16. The van der Waals surface area contributed by atoms with Crippen molar-refractivity contribution in [3.63, 3.8) is 0 Å². The van der Waals surface area contributed by atoms with Gasteiger partial charge in [0, 0.05) is 18.1 Å². The average molecular weight is 238 g/mol. The highest BCUT2D eigenvalue weighted by Gasteiger charge is 1.95. The minimum Gasteiger partial charge on any atom is -0.381 e. The van der Waals surface area contributed by atoms with E-state index in [2.05, 4.69) is 34.3 Å². The van der Waals surface area contributed by atoms with Gasteiger partial charge in [-0.05, 0) is 40.1 Å². The zero-order valence-corrected chi connectivity index (χ0v) is 9.81. The van der Waals surface area contributed by atoms with Crippen molar-refractivity contribution in [1.82, 2.24) is 0 Å². The number of benzene rings is 1. The third-order valence-corrected chi connectivity index (χ3v) is 3.20. The molecule has 1 nitrogen and oxygen atoms in total. The first-order valence-electron chi connectivity index (χ1n) is 4.78. The maximum atomic E-state index is 5.77. The van der Waals surface area contributed by atoms with E-state index >= 15 is 0 Å². The van der Waals surface area contributed by atoms with Crippen molar-refractivity contribution in [1.29, 1.82) is 0 Å². The van der Waals surface area contributed by atoms with Crippen LogP contribution in [-0.4, -0.2) is 0 Å². The molecule has 0 saturated heterocycles. The molecule has 0 unspecified atom stereocenters. The second-order valence-corrected chi connectivity index (χ2v) is 4.37. The van der Waals surface area contributed by atoms with Gasteiger partial charge in [-0.1, -0.05) is 12.1 Å². The molecule has 0 amide bonds. The number of hydrogen-bond donors (Lipinski definition) is 1. The fourth-order valence-electron chi connectivity index (χ4n) is 1.36. The molecule has 0 saturated carbocycles. The molecule has 0 aliphatic rings. The van der Waals surface area contributed by atoms with Gasteiger partial charge in [0.25, 0.3) is 0 Å². The number of halogens is 1. The molecule has 0 aliphatic heterocycles. The van der Waals surface area contributed by atoms with Crippen molar-refractivity contribution < 1.29 is 0 Å². The van der Waals surface area contributed by atoms with Crippen molar-refractivity contribution in [3.05, 3.63) is 52.2 Å². The highest BCUT2D eigenvalue weighted by molar-refractivity contribution is 7.07. The quantitative estimate of drug-likeness (QED) is 0.790. The molecule has 78 valence electrons. The lowest BCUT2D eigenvalue weighted by atomic mass is 10.2. The maximum Gasteiger partial charge on any atom is 0.0474 e. The van der Waals surface area contributed by atoms with E-state index in [1.807, 2.05) is 12.1 Å². The fourth-order valence-corrected chi connectivity index (χ4v) is 2.20. The minimum atomic E-state index is 0.563. The van der Waals surface area contributed by atoms with E-state index in [0.29, 0.717) is 5.88 Å². The number of nitrogens with one attached hydrogen (secondary N) is 1. The topological polar surface area (TPSA) is 12.0 Å². The summed E-state index contributed by atoms with van der Waals surface area (Å²) in [6.45, 7) is 0.870. The molecule has 2 rings (SSSR count). The Labute approximate surface area is 98.7 Å². The SMILES string of the molecule is ClCc1cccc(NCc2ccsc2)c1. The summed E-state index contributed by atoms with van der Waals surface area (Å²) in [6, 6.07) is 10.3. The molecule has 0 fully saturated rings. The maximum absolute atomic E-state index is 5.77. The number of hydrogen-bond acceptors (Lipinski definition) is 2. The van der Waals surface area contributed by atoms with Gasteiger partial charge in [0.15, 0.2) is 0 Å². The molecule has 15 heavy (non-hydrogen) atoms. The van der Waals surface area contributed by atoms with Crippen molar-refractivity contribution >= 4 is 28.6 Å². The molecule has 1 aromatic carbocycles. The first kappa shape index (κ1) is 10.5. The monoisotopic (exact) mass is 237 g/mol. The van der Waals surface area contributed by atoms with E-state index < -0.39 is 0 Å². The molecule has 1 aromatic heterocycles. The number of anilines is 1. The number of rotatable bonds is 4. The average Bonchev–Trinajstić information content (AvgIpc) is 2.79. The molecular formula is C12H12ClNS. The Kier molecular flexibility index (Phi) is 3.64. The van der Waals surface area contributed by atoms with Gasteiger partial charge in [0.1, 0.15) is 0 Å². The predicted molar refractivity (Wildman–Crippen MR) is 67.6 cm³/mol. The number of thiophene rings is 1. The molecule has 2 aromatic rings. The zero-order valence-electron chi connectivity index (χ0n) is 8.24. The van der Waals surface area contributed by atoms with E-state index in [0.717, 1.165) is 17.8 Å². The van der Waals surface area contributed by atoms with Gasteiger partial charge in [-0.15, -0.1) is 11.6 Å². The lowest BCUT2D eigenvalue weighted by Crippen LogP contribution is -1.98. The first-order valence-corrected chi connectivity index (χ1v) is 6.26. The Morgan fingerprint density at radius 2 is 2.13 bits per heavy atom. The van der Waals surface area contributed by atoms with Gasteiger partial charge in [-0.25, -0.2) is 0 Å². The van der Waals surface area contributed by atoms with Gasteiger partial charge in [-0.3, -0.25) is 0 Å². The molecule has 0 aliphatic carbocycles. The van der Waals surface area contributed by atoms with Crippen molar-refractivity contribution in [2.24, 2.45) is 0 Å². The summed E-state index contributed by atoms with van der Waals surface area (Å²) in [5.41, 5.74) is 3.59. The Bertz CT molecular complexity index is 411. The van der Waals surface area contributed by atoms with Crippen LogP contribution in [0, 0.1) is 0 Å². The van der Waals surface area contributed by atoms with Crippen LogP contribution in [0.15, 0.2) is 41.1 Å². The van der Waals surface area contributed by atoms with Crippen molar-refractivity contribution in [2.75, 3.05) is 5.32 Å². The van der Waals surface area contributed by atoms with Crippen molar-refractivity contribution in [2.45, 2.75) is 12.4 Å². The second-order valence-electron chi connectivity index (χ2n) is 3.32. The van der Waals surface area contributed by atoms with E-state index in [9.17, 15) is 0 Å². The summed E-state index contributed by atoms with van der Waals surface area (Å²) in [6.07, 6.45) is 0. The molecule has 0 atom stereocenters. The number of alkyl halides is 1. The Hall–Kier alpha value is -0.990. The van der Waals surface area contributed by atoms with Gasteiger partial charge in [-0.2, -0.15) is 11.3 Å². The summed E-state index contributed by atoms with van der Waals surface area (Å²) >= 11 is 7.49. The van der Waals surface area contributed by atoms with Crippen LogP contribution in [0.1, 0.15) is 11.1 Å². The Morgan fingerprint density at radius 1 is 1.20 bits per heavy atom. The predicted octanol–water partition coefficient (Wildman–Crippen LogP) is 4.10. The smallest absolute Gasteiger partial charge is 0.0474 e. The van der Waals surface area contributed by atoms with E-state index in [-0.39, 0.29) is 0 Å². The van der Waals surface area contributed by atoms with Gasteiger partial charge in [0.05, 0.1) is 0 Å². The van der Waals surface area contributed by atoms with Crippen LogP contribution in [0.5, 0.6) is 0 Å². The van der Waals surface area contributed by atoms with Crippen LogP contribution in [0.4, 0.5) is 5.69 Å². The Morgan fingerprint density at radius 3 is 2.87 bits per heavy atom. The van der Waals surface area contributed by atoms with Gasteiger partial charge in [0.2, 0.25) is 0 Å². The van der Waals surface area contributed by atoms with E-state index in [4.69, 9.17) is 11.6 Å². The molecule has 1 N–H and O–H groups in total. The normalized spacial score (nSPS) is 10.2. The van der Waals surface area contributed by atoms with Crippen LogP contribution >= 0.6 is 22.9 Å². The third kappa shape index (κ3) is 2.98. The summed E-state index contributed by atoms with van der Waals surface area (Å²) in [5.74, 6) is 0.563. The highest BCUT2D eigenvalue weighted by Crippen LogP contribution is 2.14. The second kappa shape index (κ2) is 5.19. The summed E-state index contributed by atoms with van der Waals surface area (Å²) in [7, 11) is 0. The van der Waals surface area contributed by atoms with Crippen LogP contribution in [0.25, 0.3) is 0 Å². The highest BCUT2D eigenvalue weighted by atomic mass is 35.5. The molecule has 0 spiro atoms. The minimum absolute atomic E-state index is 0.563. The zero-order chi connectivity index (χ0) is 10.5. The van der Waals surface area contributed by atoms with Crippen LogP contribution in [0.3, 0.4) is 0 Å². The largest absolute Gasteiger partial charge is 0.381 e. The summed E-state index contributed by atoms with van der Waals surface area (Å²) in [4.78, 5) is 0. The van der Waals surface area contributed by atoms with E-state index in [1.54, 1.807) is 11.3 Å². The molecule has 3 heteroatoms. The third-order valence-electron chi connectivity index (χ3n) is 2.16. The van der Waals surface area contributed by atoms with Gasteiger partial charge < -0.3 is 5.32 Å². The summed E-state index contributed by atoms with van der Waals surface area (Å²) < 4.78 is 0. The molecule has 1 heterocycles. The lowest BCUT2D eigenvalue weighted by Gasteiger charge is -2.06. The Balaban J connectivity index is 1.98. The van der Waals surface area contributed by atoms with E-state index in [1.165, 1.54) is 5.56 Å². The van der Waals surface area contributed by atoms with Gasteiger partial charge >= 0.3 is 0 Å². The molecule has 0 radical (unpaired) electrons.